The number of rotatable bonds is 3. The predicted molar refractivity (Wildman–Crippen MR) is 76.7 cm³/mol. The van der Waals surface area contributed by atoms with Crippen LogP contribution in [0.15, 0.2) is 42.5 Å². The van der Waals surface area contributed by atoms with Gasteiger partial charge in [0.2, 0.25) is 0 Å². The predicted octanol–water partition coefficient (Wildman–Crippen LogP) is 4.08. The van der Waals surface area contributed by atoms with Gasteiger partial charge in [-0.15, -0.1) is 11.6 Å². The second-order valence-corrected chi connectivity index (χ2v) is 4.98. The molecule has 104 valence electrons. The SMILES string of the molecule is CC(Cl)c1ccccc1NC(=O)c1ccc(O)cc1F. The average Bonchev–Trinajstić information content (AvgIpc) is 2.38. The molecule has 0 spiro atoms. The molecule has 0 saturated heterocycles. The van der Waals surface area contributed by atoms with Gasteiger partial charge in [-0.3, -0.25) is 4.79 Å². The van der Waals surface area contributed by atoms with Crippen LogP contribution in [0.4, 0.5) is 10.1 Å². The first-order valence-corrected chi connectivity index (χ1v) is 6.45. The number of benzene rings is 2. The van der Waals surface area contributed by atoms with E-state index >= 15 is 0 Å². The number of hydrogen-bond acceptors (Lipinski definition) is 2. The normalized spacial score (nSPS) is 11.9. The minimum absolute atomic E-state index is 0.139. The van der Waals surface area contributed by atoms with Gasteiger partial charge in [-0.1, -0.05) is 18.2 Å². The van der Waals surface area contributed by atoms with E-state index in [0.29, 0.717) is 5.69 Å². The highest BCUT2D eigenvalue weighted by atomic mass is 35.5. The van der Waals surface area contributed by atoms with Crippen molar-refractivity contribution in [3.05, 3.63) is 59.4 Å². The van der Waals surface area contributed by atoms with Crippen LogP contribution in [0.5, 0.6) is 5.75 Å². The molecular formula is C15H13ClFNO2. The lowest BCUT2D eigenvalue weighted by Crippen LogP contribution is -2.15. The van der Waals surface area contributed by atoms with E-state index < -0.39 is 11.7 Å². The summed E-state index contributed by atoms with van der Waals surface area (Å²) in [6, 6.07) is 10.4. The summed E-state index contributed by atoms with van der Waals surface area (Å²) in [5, 5.41) is 11.5. The van der Waals surface area contributed by atoms with Gasteiger partial charge in [-0.25, -0.2) is 4.39 Å². The molecule has 1 atom stereocenters. The highest BCUT2D eigenvalue weighted by molar-refractivity contribution is 6.21. The summed E-state index contributed by atoms with van der Waals surface area (Å²) in [7, 11) is 0. The second-order valence-electron chi connectivity index (χ2n) is 4.32. The summed E-state index contributed by atoms with van der Waals surface area (Å²) in [5.41, 5.74) is 1.15. The fraction of sp³-hybridized carbons (Fsp3) is 0.133. The summed E-state index contributed by atoms with van der Waals surface area (Å²) in [6.07, 6.45) is 0. The van der Waals surface area contributed by atoms with Crippen LogP contribution >= 0.6 is 11.6 Å². The van der Waals surface area contributed by atoms with E-state index in [9.17, 15) is 9.18 Å². The van der Waals surface area contributed by atoms with Gasteiger partial charge in [-0.2, -0.15) is 0 Å². The molecule has 2 aromatic carbocycles. The van der Waals surface area contributed by atoms with Crippen molar-refractivity contribution in [2.75, 3.05) is 5.32 Å². The number of aromatic hydroxyl groups is 1. The number of amides is 1. The maximum atomic E-state index is 13.6. The Morgan fingerprint density at radius 3 is 2.65 bits per heavy atom. The lowest BCUT2D eigenvalue weighted by atomic mass is 10.1. The molecule has 0 aliphatic rings. The van der Waals surface area contributed by atoms with Crippen LogP contribution in [0.2, 0.25) is 0 Å². The summed E-state index contributed by atoms with van der Waals surface area (Å²) in [4.78, 5) is 12.0. The second kappa shape index (κ2) is 5.92. The van der Waals surface area contributed by atoms with Crippen molar-refractivity contribution >= 4 is 23.2 Å². The smallest absolute Gasteiger partial charge is 0.258 e. The number of phenolic OH excluding ortho intramolecular Hbond substituents is 1. The number of nitrogens with one attached hydrogen (secondary N) is 1. The van der Waals surface area contributed by atoms with E-state index in [-0.39, 0.29) is 16.7 Å². The molecule has 0 aromatic heterocycles. The lowest BCUT2D eigenvalue weighted by Gasteiger charge is -2.12. The Kier molecular flexibility index (Phi) is 4.25. The first-order valence-electron chi connectivity index (χ1n) is 6.02. The van der Waals surface area contributed by atoms with E-state index in [2.05, 4.69) is 5.32 Å². The van der Waals surface area contributed by atoms with E-state index in [4.69, 9.17) is 16.7 Å². The number of phenols is 1. The van der Waals surface area contributed by atoms with Crippen molar-refractivity contribution in [1.82, 2.24) is 0 Å². The third-order valence-electron chi connectivity index (χ3n) is 2.83. The number of para-hydroxylation sites is 1. The Labute approximate surface area is 121 Å². The molecule has 0 aliphatic carbocycles. The van der Waals surface area contributed by atoms with Crippen molar-refractivity contribution in [1.29, 1.82) is 0 Å². The molecule has 2 aromatic rings. The van der Waals surface area contributed by atoms with E-state index in [1.165, 1.54) is 12.1 Å². The number of anilines is 1. The number of carbonyl (C=O) groups is 1. The highest BCUT2D eigenvalue weighted by Crippen LogP contribution is 2.27. The molecule has 0 fully saturated rings. The third-order valence-corrected chi connectivity index (χ3v) is 3.07. The first-order chi connectivity index (χ1) is 9.49. The first kappa shape index (κ1) is 14.3. The van der Waals surface area contributed by atoms with E-state index in [1.54, 1.807) is 25.1 Å². The fourth-order valence-corrected chi connectivity index (χ4v) is 2.03. The molecule has 0 radical (unpaired) electrons. The summed E-state index contributed by atoms with van der Waals surface area (Å²) >= 11 is 6.03. The fourth-order valence-electron chi connectivity index (χ4n) is 1.84. The molecule has 0 bridgehead atoms. The van der Waals surface area contributed by atoms with Crippen LogP contribution in [-0.2, 0) is 0 Å². The molecule has 1 unspecified atom stereocenters. The van der Waals surface area contributed by atoms with Crippen molar-refractivity contribution in [2.45, 2.75) is 12.3 Å². The lowest BCUT2D eigenvalue weighted by molar-refractivity contribution is 0.102. The zero-order valence-corrected chi connectivity index (χ0v) is 11.5. The zero-order valence-electron chi connectivity index (χ0n) is 10.7. The van der Waals surface area contributed by atoms with Gasteiger partial charge in [0.15, 0.2) is 0 Å². The van der Waals surface area contributed by atoms with E-state index in [1.807, 2.05) is 6.07 Å². The zero-order chi connectivity index (χ0) is 14.7. The highest BCUT2D eigenvalue weighted by Gasteiger charge is 2.15. The van der Waals surface area contributed by atoms with Gasteiger partial charge < -0.3 is 10.4 Å². The van der Waals surface area contributed by atoms with Crippen molar-refractivity contribution in [2.24, 2.45) is 0 Å². The van der Waals surface area contributed by atoms with Crippen LogP contribution in [0.3, 0.4) is 0 Å². The van der Waals surface area contributed by atoms with Crippen molar-refractivity contribution in [3.63, 3.8) is 0 Å². The maximum absolute atomic E-state index is 13.6. The molecular weight excluding hydrogens is 281 g/mol. The Balaban J connectivity index is 2.28. The van der Waals surface area contributed by atoms with Gasteiger partial charge in [0.05, 0.1) is 10.9 Å². The molecule has 2 rings (SSSR count). The Morgan fingerprint density at radius 2 is 2.00 bits per heavy atom. The number of carbonyl (C=O) groups excluding carboxylic acids is 1. The standard InChI is InChI=1S/C15H13ClFNO2/c1-9(16)11-4-2-3-5-14(11)18-15(20)12-7-6-10(19)8-13(12)17/h2-9,19H,1H3,(H,18,20). The molecule has 1 amide bonds. The van der Waals surface area contributed by atoms with Crippen LogP contribution in [0, 0.1) is 5.82 Å². The summed E-state index contributed by atoms with van der Waals surface area (Å²) in [6.45, 7) is 1.79. The van der Waals surface area contributed by atoms with Gasteiger partial charge in [-0.05, 0) is 30.7 Å². The monoisotopic (exact) mass is 293 g/mol. The van der Waals surface area contributed by atoms with E-state index in [0.717, 1.165) is 11.6 Å². The Morgan fingerprint density at radius 1 is 1.30 bits per heavy atom. The van der Waals surface area contributed by atoms with Gasteiger partial charge in [0.25, 0.3) is 5.91 Å². The molecule has 0 heterocycles. The van der Waals surface area contributed by atoms with Gasteiger partial charge >= 0.3 is 0 Å². The molecule has 0 saturated carbocycles. The molecule has 2 N–H and O–H groups in total. The Bertz CT molecular complexity index is 644. The summed E-state index contributed by atoms with van der Waals surface area (Å²) in [5.74, 6) is -1.60. The minimum atomic E-state index is -0.779. The molecule has 0 aliphatic heterocycles. The number of halogens is 2. The number of alkyl halides is 1. The number of hydrogen-bond donors (Lipinski definition) is 2. The van der Waals surface area contributed by atoms with Crippen LogP contribution in [0.1, 0.15) is 28.2 Å². The Hall–Kier alpha value is -2.07. The van der Waals surface area contributed by atoms with Crippen LogP contribution < -0.4 is 5.32 Å². The van der Waals surface area contributed by atoms with Crippen molar-refractivity contribution < 1.29 is 14.3 Å². The molecule has 3 nitrogen and oxygen atoms in total. The average molecular weight is 294 g/mol. The minimum Gasteiger partial charge on any atom is -0.508 e. The molecule has 20 heavy (non-hydrogen) atoms. The molecule has 5 heteroatoms. The van der Waals surface area contributed by atoms with Crippen LogP contribution in [0.25, 0.3) is 0 Å². The maximum Gasteiger partial charge on any atom is 0.258 e. The van der Waals surface area contributed by atoms with Gasteiger partial charge in [0.1, 0.15) is 11.6 Å². The third kappa shape index (κ3) is 3.08. The topological polar surface area (TPSA) is 49.3 Å². The quantitative estimate of drug-likeness (QED) is 0.838. The largest absolute Gasteiger partial charge is 0.508 e. The van der Waals surface area contributed by atoms with Gasteiger partial charge in [0, 0.05) is 11.8 Å². The van der Waals surface area contributed by atoms with Crippen LogP contribution in [-0.4, -0.2) is 11.0 Å². The van der Waals surface area contributed by atoms with Crippen molar-refractivity contribution in [3.8, 4) is 5.75 Å². The summed E-state index contributed by atoms with van der Waals surface area (Å²) < 4.78 is 13.6.